The van der Waals surface area contributed by atoms with E-state index in [1.807, 2.05) is 11.3 Å². The van der Waals surface area contributed by atoms with Crippen LogP contribution < -0.4 is 0 Å². The summed E-state index contributed by atoms with van der Waals surface area (Å²) in [4.78, 5) is 2.71. The third-order valence-electron chi connectivity index (χ3n) is 4.19. The van der Waals surface area contributed by atoms with Gasteiger partial charge in [0.2, 0.25) is 0 Å². The molecule has 2 aromatic carbocycles. The van der Waals surface area contributed by atoms with Gasteiger partial charge in [-0.2, -0.15) is 0 Å². The molecule has 1 radical (unpaired) electrons. The Labute approximate surface area is 161 Å². The Morgan fingerprint density at radius 2 is 1.61 bits per heavy atom. The van der Waals surface area contributed by atoms with Gasteiger partial charge in [-0.05, 0) is 65.4 Å². The number of benzene rings is 2. The molecule has 0 spiro atoms. The molecule has 0 nitrogen and oxygen atoms in total. The van der Waals surface area contributed by atoms with Crippen LogP contribution in [0.1, 0.15) is 26.4 Å². The number of allylic oxidation sites excluding steroid dienone is 1. The molecule has 1 aliphatic rings. The summed E-state index contributed by atoms with van der Waals surface area (Å²) in [5.41, 5.74) is 7.99. The van der Waals surface area contributed by atoms with Crippen molar-refractivity contribution < 1.29 is 26.2 Å². The first kappa shape index (κ1) is 16.6. The van der Waals surface area contributed by atoms with Crippen molar-refractivity contribution in [3.8, 4) is 11.1 Å². The van der Waals surface area contributed by atoms with E-state index in [0.717, 1.165) is 0 Å². The van der Waals surface area contributed by atoms with Crippen molar-refractivity contribution in [1.29, 1.82) is 0 Å². The zero-order chi connectivity index (χ0) is 15.1. The Morgan fingerprint density at radius 3 is 2.30 bits per heavy atom. The van der Waals surface area contributed by atoms with E-state index in [1.165, 1.54) is 43.1 Å². The van der Waals surface area contributed by atoms with Gasteiger partial charge in [0.15, 0.2) is 0 Å². The van der Waals surface area contributed by atoms with E-state index in [-0.39, 0.29) is 26.2 Å². The molecule has 4 rings (SSSR count). The number of rotatable bonds is 2. The SMILES string of the molecule is Cc1ccc(C2=Cc3c(ccc(C)c3-c3ccccc3)[CH]2)s1.[Zr]. The van der Waals surface area contributed by atoms with E-state index < -0.39 is 0 Å². The van der Waals surface area contributed by atoms with Gasteiger partial charge in [0.1, 0.15) is 0 Å². The Morgan fingerprint density at radius 1 is 0.826 bits per heavy atom. The summed E-state index contributed by atoms with van der Waals surface area (Å²) >= 11 is 1.86. The minimum atomic E-state index is 0. The molecule has 0 atom stereocenters. The summed E-state index contributed by atoms with van der Waals surface area (Å²) in [6, 6.07) is 19.6. The summed E-state index contributed by atoms with van der Waals surface area (Å²) < 4.78 is 0. The Kier molecular flexibility index (Phi) is 4.85. The third kappa shape index (κ3) is 3.07. The predicted molar refractivity (Wildman–Crippen MR) is 96.9 cm³/mol. The minimum Gasteiger partial charge on any atom is -0.141 e. The predicted octanol–water partition coefficient (Wildman–Crippen LogP) is 6.14. The zero-order valence-corrected chi connectivity index (χ0v) is 16.5. The number of hydrogen-bond acceptors (Lipinski definition) is 1. The van der Waals surface area contributed by atoms with E-state index in [1.54, 1.807) is 0 Å². The summed E-state index contributed by atoms with van der Waals surface area (Å²) in [7, 11) is 0. The first-order chi connectivity index (χ1) is 10.7. The standard InChI is InChI=1S/C21H17S.Zr/c1-14-8-10-17-12-18(20-11-9-15(2)22-20)13-19(17)21(14)16-6-4-3-5-7-16;/h3-13H,1-2H3;. The van der Waals surface area contributed by atoms with Crippen molar-refractivity contribution in [3.63, 3.8) is 0 Å². The van der Waals surface area contributed by atoms with Gasteiger partial charge in [-0.3, -0.25) is 0 Å². The van der Waals surface area contributed by atoms with E-state index in [4.69, 9.17) is 0 Å². The molecule has 2 heteroatoms. The van der Waals surface area contributed by atoms with E-state index in [2.05, 4.69) is 80.9 Å². The third-order valence-corrected chi connectivity index (χ3v) is 5.24. The van der Waals surface area contributed by atoms with Gasteiger partial charge in [0.25, 0.3) is 0 Å². The van der Waals surface area contributed by atoms with Gasteiger partial charge in [-0.25, -0.2) is 0 Å². The molecule has 23 heavy (non-hydrogen) atoms. The van der Waals surface area contributed by atoms with Crippen LogP contribution >= 0.6 is 11.3 Å². The van der Waals surface area contributed by atoms with Crippen LogP contribution in [0.3, 0.4) is 0 Å². The maximum absolute atomic E-state index is 2.34. The van der Waals surface area contributed by atoms with Crippen LogP contribution in [-0.4, -0.2) is 0 Å². The molecule has 0 N–H and O–H groups in total. The van der Waals surface area contributed by atoms with Crippen molar-refractivity contribution in [1.82, 2.24) is 0 Å². The second-order valence-electron chi connectivity index (χ2n) is 5.78. The van der Waals surface area contributed by atoms with Gasteiger partial charge in [-0.15, -0.1) is 11.3 Å². The molecule has 0 unspecified atom stereocenters. The van der Waals surface area contributed by atoms with Crippen LogP contribution in [0.15, 0.2) is 54.6 Å². The number of fused-ring (bicyclic) bond motifs is 1. The maximum Gasteiger partial charge on any atom is 0.0311 e. The van der Waals surface area contributed by atoms with Crippen molar-refractivity contribution in [3.05, 3.63) is 87.5 Å². The summed E-state index contributed by atoms with van der Waals surface area (Å²) in [5.74, 6) is 0. The fourth-order valence-corrected chi connectivity index (χ4v) is 3.97. The molecule has 1 heterocycles. The number of hydrogen-bond donors (Lipinski definition) is 0. The van der Waals surface area contributed by atoms with Crippen LogP contribution in [0.2, 0.25) is 0 Å². The average molecular weight is 393 g/mol. The summed E-state index contributed by atoms with van der Waals surface area (Å²) in [6.45, 7) is 4.36. The molecule has 0 saturated heterocycles. The Bertz CT molecular complexity index is 872. The van der Waals surface area contributed by atoms with Crippen molar-refractivity contribution in [2.45, 2.75) is 13.8 Å². The first-order valence-electron chi connectivity index (χ1n) is 7.54. The van der Waals surface area contributed by atoms with Crippen LogP contribution in [0.4, 0.5) is 0 Å². The average Bonchev–Trinajstić information content (AvgIpc) is 3.14. The normalized spacial score (nSPS) is 12.5. The summed E-state index contributed by atoms with van der Waals surface area (Å²) in [6.07, 6.45) is 4.66. The molecule has 0 fully saturated rings. The second kappa shape index (κ2) is 6.71. The topological polar surface area (TPSA) is 0 Å². The van der Waals surface area contributed by atoms with Crippen molar-refractivity contribution in [2.75, 3.05) is 0 Å². The second-order valence-corrected chi connectivity index (χ2v) is 7.07. The maximum atomic E-state index is 2.34. The number of aryl methyl sites for hydroxylation is 2. The van der Waals surface area contributed by atoms with E-state index >= 15 is 0 Å². The number of thiophene rings is 1. The monoisotopic (exact) mass is 391 g/mol. The fourth-order valence-electron chi connectivity index (χ4n) is 3.11. The molecular weight excluding hydrogens is 376 g/mol. The minimum absolute atomic E-state index is 0. The molecule has 111 valence electrons. The van der Waals surface area contributed by atoms with Gasteiger partial charge in [-0.1, -0.05) is 42.5 Å². The van der Waals surface area contributed by atoms with Crippen LogP contribution in [0.25, 0.3) is 22.8 Å². The smallest absolute Gasteiger partial charge is 0.0311 e. The summed E-state index contributed by atoms with van der Waals surface area (Å²) in [5, 5.41) is 0. The van der Waals surface area contributed by atoms with Gasteiger partial charge < -0.3 is 0 Å². The molecule has 1 aliphatic carbocycles. The van der Waals surface area contributed by atoms with E-state index in [0.29, 0.717) is 0 Å². The van der Waals surface area contributed by atoms with Crippen LogP contribution in [0, 0.1) is 20.3 Å². The largest absolute Gasteiger partial charge is 0.141 e. The van der Waals surface area contributed by atoms with Crippen molar-refractivity contribution >= 4 is 23.0 Å². The molecule has 0 bridgehead atoms. The quantitative estimate of drug-likeness (QED) is 0.492. The zero-order valence-electron chi connectivity index (χ0n) is 13.3. The first-order valence-corrected chi connectivity index (χ1v) is 8.36. The van der Waals surface area contributed by atoms with Gasteiger partial charge in [0.05, 0.1) is 0 Å². The van der Waals surface area contributed by atoms with Crippen molar-refractivity contribution in [2.24, 2.45) is 0 Å². The Balaban J connectivity index is 0.00000156. The Hall–Kier alpha value is -1.24. The molecule has 3 aromatic rings. The molecular formula is C21H17SZr. The molecule has 0 aliphatic heterocycles. The van der Waals surface area contributed by atoms with Crippen LogP contribution in [-0.2, 0) is 26.2 Å². The molecule has 0 amide bonds. The fraction of sp³-hybridized carbons (Fsp3) is 0.0952. The molecule has 1 aromatic heterocycles. The van der Waals surface area contributed by atoms with Gasteiger partial charge >= 0.3 is 0 Å². The van der Waals surface area contributed by atoms with Gasteiger partial charge in [0, 0.05) is 42.4 Å². The molecule has 0 saturated carbocycles. The van der Waals surface area contributed by atoms with Crippen LogP contribution in [0.5, 0.6) is 0 Å². The van der Waals surface area contributed by atoms with E-state index in [9.17, 15) is 0 Å².